The summed E-state index contributed by atoms with van der Waals surface area (Å²) in [5.41, 5.74) is 0.590. The van der Waals surface area contributed by atoms with Crippen LogP contribution in [0.1, 0.15) is 30.7 Å². The van der Waals surface area contributed by atoms with Gasteiger partial charge in [-0.3, -0.25) is 4.79 Å². The van der Waals surface area contributed by atoms with Crippen molar-refractivity contribution < 1.29 is 22.7 Å². The lowest BCUT2D eigenvalue weighted by atomic mass is 9.89. The maximum Gasteiger partial charge on any atom is 0.408 e. The van der Waals surface area contributed by atoms with Crippen molar-refractivity contribution >= 4 is 22.7 Å². The molecule has 0 spiro atoms. The quantitative estimate of drug-likeness (QED) is 0.328. The van der Waals surface area contributed by atoms with Crippen LogP contribution < -0.4 is 16.2 Å². The van der Waals surface area contributed by atoms with Gasteiger partial charge in [0.2, 0.25) is 5.95 Å². The number of aliphatic hydroxyl groups excluding tert-OH is 1. The van der Waals surface area contributed by atoms with E-state index in [1.165, 1.54) is 19.4 Å². The Labute approximate surface area is 214 Å². The van der Waals surface area contributed by atoms with Crippen LogP contribution >= 0.6 is 0 Å². The second-order valence-electron chi connectivity index (χ2n) is 9.80. The number of nitrogens with zero attached hydrogens (tertiary/aromatic N) is 5. The number of hydrogen-bond donors (Lipinski definition) is 3. The fraction of sp³-hybridized carbons (Fsp3) is 0.360. The molecule has 0 fully saturated rings. The van der Waals surface area contributed by atoms with Crippen LogP contribution in [-0.2, 0) is 24.9 Å². The lowest BCUT2D eigenvalue weighted by Crippen LogP contribution is -2.31. The van der Waals surface area contributed by atoms with Crippen molar-refractivity contribution in [3.05, 3.63) is 69.5 Å². The summed E-state index contributed by atoms with van der Waals surface area (Å²) >= 11 is 0. The third-order valence-corrected chi connectivity index (χ3v) is 6.44. The fourth-order valence-corrected chi connectivity index (χ4v) is 4.42. The monoisotopic (exact) mass is 531 g/mol. The van der Waals surface area contributed by atoms with Crippen LogP contribution in [-0.4, -0.2) is 48.8 Å². The van der Waals surface area contributed by atoms with Crippen molar-refractivity contribution in [1.82, 2.24) is 29.6 Å². The van der Waals surface area contributed by atoms with Crippen molar-refractivity contribution in [3.63, 3.8) is 0 Å². The molecule has 13 heteroatoms. The number of aliphatic hydroxyl groups is 1. The number of hydrogen-bond acceptors (Lipinski definition) is 7. The van der Waals surface area contributed by atoms with E-state index in [2.05, 4.69) is 25.6 Å². The minimum absolute atomic E-state index is 0.0577. The molecule has 5 rings (SSSR count). The Bertz CT molecular complexity index is 1580. The third-order valence-electron chi connectivity index (χ3n) is 6.44. The lowest BCUT2D eigenvalue weighted by Gasteiger charge is -2.23. The van der Waals surface area contributed by atoms with Crippen LogP contribution in [0.4, 0.5) is 29.2 Å². The molecule has 4 aromatic rings. The number of anilines is 2. The number of alkyl halides is 3. The molecule has 0 unspecified atom stereocenters. The van der Waals surface area contributed by atoms with E-state index in [1.807, 2.05) is 18.2 Å². The van der Waals surface area contributed by atoms with E-state index in [9.17, 15) is 27.5 Å². The Morgan fingerprint density at radius 3 is 2.66 bits per heavy atom. The Morgan fingerprint density at radius 1 is 1.13 bits per heavy atom. The van der Waals surface area contributed by atoms with Gasteiger partial charge in [-0.05, 0) is 48.4 Å². The molecule has 0 aliphatic carbocycles. The second kappa shape index (κ2) is 9.48. The van der Waals surface area contributed by atoms with Gasteiger partial charge < -0.3 is 15.7 Å². The summed E-state index contributed by atoms with van der Waals surface area (Å²) < 4.78 is 56.5. The van der Waals surface area contributed by atoms with Crippen LogP contribution in [0.5, 0.6) is 0 Å². The first-order valence-corrected chi connectivity index (χ1v) is 11.9. The zero-order valence-corrected chi connectivity index (χ0v) is 20.6. The number of pyridine rings is 1. The van der Waals surface area contributed by atoms with Gasteiger partial charge in [-0.25, -0.2) is 23.7 Å². The standard InChI is InChI=1S/C25H25F4N7O2/c1-24(2,13-37)20-18(26)5-6-19(33-20)36-21-17(22(38)35(36)12-25(27,28)29)11-31-23(34-21)32-16-4-3-15-10-30-8-7-14(15)9-16/h3-6,9,11,30,37H,7-8,10,12-13H2,1-2H3,(H,31,32,34). The molecular weight excluding hydrogens is 506 g/mol. The number of aromatic nitrogens is 5. The summed E-state index contributed by atoms with van der Waals surface area (Å²) in [4.78, 5) is 25.8. The maximum absolute atomic E-state index is 14.6. The second-order valence-corrected chi connectivity index (χ2v) is 9.80. The van der Waals surface area contributed by atoms with E-state index >= 15 is 0 Å². The molecule has 200 valence electrons. The molecule has 1 aromatic carbocycles. The first-order chi connectivity index (χ1) is 18.0. The highest BCUT2D eigenvalue weighted by molar-refractivity contribution is 5.77. The van der Waals surface area contributed by atoms with Crippen molar-refractivity contribution in [2.45, 2.75) is 44.9 Å². The SMILES string of the molecule is CC(C)(CO)c1nc(-n2c3nc(Nc4ccc5c(c4)CCNC5)ncc3c(=O)n2CC(F)(F)F)ccc1F. The third kappa shape index (κ3) is 4.86. The Balaban J connectivity index is 1.66. The van der Waals surface area contributed by atoms with Crippen LogP contribution in [0.3, 0.4) is 0 Å². The molecule has 0 saturated heterocycles. The number of benzene rings is 1. The van der Waals surface area contributed by atoms with Crippen molar-refractivity contribution in [1.29, 1.82) is 0 Å². The van der Waals surface area contributed by atoms with Gasteiger partial charge >= 0.3 is 6.18 Å². The molecule has 0 saturated carbocycles. The van der Waals surface area contributed by atoms with Gasteiger partial charge in [0.1, 0.15) is 17.7 Å². The number of nitrogens with one attached hydrogen (secondary N) is 2. The highest BCUT2D eigenvalue weighted by Gasteiger charge is 2.33. The Hall–Kier alpha value is -3.84. The van der Waals surface area contributed by atoms with Crippen molar-refractivity contribution in [2.75, 3.05) is 18.5 Å². The minimum Gasteiger partial charge on any atom is -0.395 e. The number of rotatable bonds is 6. The molecule has 1 aliphatic rings. The van der Waals surface area contributed by atoms with E-state index in [-0.39, 0.29) is 28.5 Å². The van der Waals surface area contributed by atoms with E-state index < -0.39 is 36.1 Å². The normalized spacial score (nSPS) is 14.1. The average molecular weight is 532 g/mol. The average Bonchev–Trinajstić information content (AvgIpc) is 3.13. The van der Waals surface area contributed by atoms with Crippen LogP contribution in [0.2, 0.25) is 0 Å². The maximum atomic E-state index is 14.6. The van der Waals surface area contributed by atoms with Gasteiger partial charge in [0, 0.05) is 23.8 Å². The topological polar surface area (TPSA) is 110 Å². The number of fused-ring (bicyclic) bond motifs is 2. The van der Waals surface area contributed by atoms with E-state index in [0.717, 1.165) is 48.1 Å². The minimum atomic E-state index is -4.74. The Kier molecular flexibility index (Phi) is 6.43. The zero-order valence-electron chi connectivity index (χ0n) is 20.6. The molecule has 9 nitrogen and oxygen atoms in total. The van der Waals surface area contributed by atoms with Crippen LogP contribution in [0.25, 0.3) is 16.9 Å². The molecule has 3 N–H and O–H groups in total. The van der Waals surface area contributed by atoms with Gasteiger partial charge in [0.25, 0.3) is 5.56 Å². The van der Waals surface area contributed by atoms with E-state index in [4.69, 9.17) is 0 Å². The summed E-state index contributed by atoms with van der Waals surface area (Å²) in [5.74, 6) is -0.846. The van der Waals surface area contributed by atoms with Crippen LogP contribution in [0.15, 0.2) is 41.3 Å². The smallest absolute Gasteiger partial charge is 0.395 e. The predicted molar refractivity (Wildman–Crippen MR) is 132 cm³/mol. The van der Waals surface area contributed by atoms with Gasteiger partial charge in [-0.15, -0.1) is 0 Å². The van der Waals surface area contributed by atoms with Gasteiger partial charge in [0.15, 0.2) is 11.5 Å². The highest BCUT2D eigenvalue weighted by atomic mass is 19.4. The van der Waals surface area contributed by atoms with Crippen molar-refractivity contribution in [3.8, 4) is 5.82 Å². The summed E-state index contributed by atoms with van der Waals surface area (Å²) in [5, 5.41) is 15.9. The van der Waals surface area contributed by atoms with E-state index in [1.54, 1.807) is 0 Å². The first kappa shape index (κ1) is 25.8. The van der Waals surface area contributed by atoms with Crippen molar-refractivity contribution in [2.24, 2.45) is 0 Å². The summed E-state index contributed by atoms with van der Waals surface area (Å²) in [6, 6.07) is 7.95. The molecule has 38 heavy (non-hydrogen) atoms. The largest absolute Gasteiger partial charge is 0.408 e. The molecular formula is C25H25F4N7O2. The van der Waals surface area contributed by atoms with E-state index in [0.29, 0.717) is 10.4 Å². The first-order valence-electron chi connectivity index (χ1n) is 11.9. The predicted octanol–water partition coefficient (Wildman–Crippen LogP) is 3.34. The molecule has 0 amide bonds. The van der Waals surface area contributed by atoms with Gasteiger partial charge in [0.05, 0.1) is 12.3 Å². The summed E-state index contributed by atoms with van der Waals surface area (Å²) in [6.45, 7) is 2.60. The lowest BCUT2D eigenvalue weighted by molar-refractivity contribution is -0.144. The molecule has 0 atom stereocenters. The number of halogens is 4. The van der Waals surface area contributed by atoms with Crippen LogP contribution in [0, 0.1) is 5.82 Å². The van der Waals surface area contributed by atoms with Gasteiger partial charge in [-0.1, -0.05) is 19.9 Å². The fourth-order valence-electron chi connectivity index (χ4n) is 4.42. The zero-order chi connectivity index (χ0) is 27.2. The highest BCUT2D eigenvalue weighted by Crippen LogP contribution is 2.27. The molecule has 4 heterocycles. The summed E-state index contributed by atoms with van der Waals surface area (Å²) in [7, 11) is 0. The molecule has 3 aromatic heterocycles. The molecule has 1 aliphatic heterocycles. The molecule has 0 radical (unpaired) electrons. The summed E-state index contributed by atoms with van der Waals surface area (Å²) in [6.07, 6.45) is -2.75. The van der Waals surface area contributed by atoms with Gasteiger partial charge in [-0.2, -0.15) is 18.2 Å². The molecule has 0 bridgehead atoms. The Morgan fingerprint density at radius 2 is 1.92 bits per heavy atom.